The third-order valence-electron chi connectivity index (χ3n) is 1.86. The van der Waals surface area contributed by atoms with E-state index in [0.29, 0.717) is 12.5 Å². The van der Waals surface area contributed by atoms with Crippen molar-refractivity contribution in [3.05, 3.63) is 5.82 Å². The zero-order valence-corrected chi connectivity index (χ0v) is 9.87. The molecule has 1 aromatic rings. The van der Waals surface area contributed by atoms with Crippen LogP contribution in [0.25, 0.3) is 0 Å². The van der Waals surface area contributed by atoms with E-state index in [2.05, 4.69) is 35.4 Å². The van der Waals surface area contributed by atoms with Crippen molar-refractivity contribution in [3.63, 3.8) is 0 Å². The van der Waals surface area contributed by atoms with E-state index in [1.54, 1.807) is 11.8 Å². The normalized spacial score (nSPS) is 10.5. The number of unbranched alkanes of at least 4 members (excludes halogenated alkanes) is 1. The summed E-state index contributed by atoms with van der Waals surface area (Å²) in [6, 6.07) is 2.43. The third kappa shape index (κ3) is 3.88. The zero-order valence-electron chi connectivity index (χ0n) is 9.05. The number of nitrogens with zero attached hydrogens (tertiary/aromatic N) is 5. The molecule has 6 heteroatoms. The van der Waals surface area contributed by atoms with Crippen molar-refractivity contribution in [2.24, 2.45) is 0 Å². The lowest BCUT2D eigenvalue weighted by Crippen LogP contribution is -2.07. The van der Waals surface area contributed by atoms with Crippen molar-refractivity contribution in [2.45, 2.75) is 38.5 Å². The average Bonchev–Trinajstić information content (AvgIpc) is 2.66. The molecule has 0 aromatic carbocycles. The van der Waals surface area contributed by atoms with Gasteiger partial charge in [-0.25, -0.2) is 4.68 Å². The summed E-state index contributed by atoms with van der Waals surface area (Å²) in [4.78, 5) is 0. The summed E-state index contributed by atoms with van der Waals surface area (Å²) in [5.41, 5.74) is 0. The Morgan fingerprint density at radius 3 is 3.00 bits per heavy atom. The molecule has 0 atom stereocenters. The Labute approximate surface area is 93.9 Å². The Bertz CT molecular complexity index is 327. The molecule has 1 heterocycles. The number of rotatable bonds is 6. The maximum atomic E-state index is 8.37. The molecule has 0 bridgehead atoms. The van der Waals surface area contributed by atoms with Gasteiger partial charge in [0.25, 0.3) is 0 Å². The summed E-state index contributed by atoms with van der Waals surface area (Å²) < 4.78 is 1.83. The molecule has 82 valence electrons. The lowest BCUT2D eigenvalue weighted by atomic mass is 10.4. The van der Waals surface area contributed by atoms with Gasteiger partial charge in [0.15, 0.2) is 5.82 Å². The quantitative estimate of drug-likeness (QED) is 0.690. The van der Waals surface area contributed by atoms with E-state index in [-0.39, 0.29) is 0 Å². The average molecular weight is 225 g/mol. The van der Waals surface area contributed by atoms with Gasteiger partial charge in [-0.05, 0) is 36.4 Å². The van der Waals surface area contributed by atoms with E-state index in [1.807, 2.05) is 4.68 Å². The van der Waals surface area contributed by atoms with Crippen molar-refractivity contribution in [3.8, 4) is 6.07 Å². The Hall–Kier alpha value is -1.09. The molecule has 5 nitrogen and oxygen atoms in total. The highest BCUT2D eigenvalue weighted by Gasteiger charge is 2.08. The minimum absolute atomic E-state index is 0.301. The highest BCUT2D eigenvalue weighted by atomic mass is 32.2. The first-order valence-electron chi connectivity index (χ1n) is 4.97. The van der Waals surface area contributed by atoms with Gasteiger partial charge in [-0.15, -0.1) is 5.10 Å². The van der Waals surface area contributed by atoms with Crippen LogP contribution in [0.3, 0.4) is 0 Å². The van der Waals surface area contributed by atoms with Gasteiger partial charge < -0.3 is 0 Å². The molecular formula is C9H15N5S. The number of hydrogen-bond donors (Lipinski definition) is 0. The van der Waals surface area contributed by atoms with Crippen molar-refractivity contribution in [1.82, 2.24) is 20.2 Å². The fourth-order valence-corrected chi connectivity index (χ4v) is 1.99. The van der Waals surface area contributed by atoms with Crippen molar-refractivity contribution in [2.75, 3.05) is 5.75 Å². The number of hydrogen-bond acceptors (Lipinski definition) is 5. The fraction of sp³-hybridized carbons (Fsp3) is 0.778. The molecule has 0 saturated heterocycles. The van der Waals surface area contributed by atoms with Gasteiger partial charge in [0, 0.05) is 6.42 Å². The first-order valence-corrected chi connectivity index (χ1v) is 6.12. The summed E-state index contributed by atoms with van der Waals surface area (Å²) in [6.45, 7) is 4.11. The molecule has 0 saturated carbocycles. The number of aromatic nitrogens is 4. The molecule has 0 amide bonds. The largest absolute Gasteiger partial charge is 0.226 e. The van der Waals surface area contributed by atoms with Crippen LogP contribution < -0.4 is 0 Å². The van der Waals surface area contributed by atoms with Crippen molar-refractivity contribution >= 4 is 11.8 Å². The van der Waals surface area contributed by atoms with Crippen LogP contribution in [0, 0.1) is 11.3 Å². The smallest absolute Gasteiger partial charge is 0.161 e. The van der Waals surface area contributed by atoms with Crippen LogP contribution in [0.2, 0.25) is 0 Å². The second kappa shape index (κ2) is 6.40. The maximum Gasteiger partial charge on any atom is 0.161 e. The van der Waals surface area contributed by atoms with E-state index < -0.39 is 0 Å². The molecule has 15 heavy (non-hydrogen) atoms. The molecule has 0 aliphatic heterocycles. The van der Waals surface area contributed by atoms with Crippen LogP contribution >= 0.6 is 11.8 Å². The van der Waals surface area contributed by atoms with E-state index in [9.17, 15) is 0 Å². The SMILES string of the molecule is CC(C)n1nnnc1CSCCCC#N. The predicted octanol–water partition coefficient (Wildman–Crippen LogP) is 1.79. The van der Waals surface area contributed by atoms with Gasteiger partial charge in [-0.2, -0.15) is 17.0 Å². The molecule has 0 fully saturated rings. The summed E-state index contributed by atoms with van der Waals surface area (Å²) in [5, 5.41) is 19.9. The topological polar surface area (TPSA) is 67.4 Å². The molecule has 1 aromatic heterocycles. The molecule has 0 spiro atoms. The van der Waals surface area contributed by atoms with Gasteiger partial charge in [0.2, 0.25) is 0 Å². The van der Waals surface area contributed by atoms with E-state index in [1.165, 1.54) is 0 Å². The van der Waals surface area contributed by atoms with Crippen molar-refractivity contribution in [1.29, 1.82) is 5.26 Å². The Morgan fingerprint density at radius 2 is 2.33 bits per heavy atom. The number of tetrazole rings is 1. The molecule has 0 aliphatic rings. The molecule has 0 N–H and O–H groups in total. The van der Waals surface area contributed by atoms with Gasteiger partial charge in [0.05, 0.1) is 17.9 Å². The zero-order chi connectivity index (χ0) is 11.1. The number of thioether (sulfide) groups is 1. The lowest BCUT2D eigenvalue weighted by molar-refractivity contribution is 0.501. The van der Waals surface area contributed by atoms with Crippen LogP contribution in [0.15, 0.2) is 0 Å². The summed E-state index contributed by atoms with van der Waals surface area (Å²) >= 11 is 1.77. The minimum Gasteiger partial charge on any atom is -0.226 e. The van der Waals surface area contributed by atoms with Gasteiger partial charge in [-0.1, -0.05) is 0 Å². The molecule has 0 radical (unpaired) electrons. The monoisotopic (exact) mass is 225 g/mol. The second-order valence-corrected chi connectivity index (χ2v) is 4.55. The first kappa shape index (κ1) is 12.0. The van der Waals surface area contributed by atoms with Crippen LogP contribution in [-0.2, 0) is 5.75 Å². The van der Waals surface area contributed by atoms with E-state index >= 15 is 0 Å². The molecule has 1 rings (SSSR count). The van der Waals surface area contributed by atoms with Crippen LogP contribution in [0.4, 0.5) is 0 Å². The standard InChI is InChI=1S/C9H15N5S/c1-8(2)14-9(11-12-13-14)7-15-6-4-3-5-10/h8H,3-4,6-7H2,1-2H3. The van der Waals surface area contributed by atoms with Gasteiger partial charge >= 0.3 is 0 Å². The van der Waals surface area contributed by atoms with Crippen LogP contribution in [0.1, 0.15) is 38.6 Å². The Kier molecular flexibility index (Phi) is 5.12. The lowest BCUT2D eigenvalue weighted by Gasteiger charge is -2.06. The molecule has 0 unspecified atom stereocenters. The molecule has 0 aliphatic carbocycles. The highest BCUT2D eigenvalue weighted by Crippen LogP contribution is 2.13. The fourth-order valence-electron chi connectivity index (χ4n) is 1.13. The predicted molar refractivity (Wildman–Crippen MR) is 59.2 cm³/mol. The third-order valence-corrected chi connectivity index (χ3v) is 2.90. The van der Waals surface area contributed by atoms with E-state index in [0.717, 1.165) is 23.8 Å². The molecular weight excluding hydrogens is 210 g/mol. The van der Waals surface area contributed by atoms with Gasteiger partial charge in [0.1, 0.15) is 0 Å². The first-order chi connectivity index (χ1) is 7.25. The number of nitriles is 1. The summed E-state index contributed by atoms with van der Waals surface area (Å²) in [7, 11) is 0. The maximum absolute atomic E-state index is 8.37. The summed E-state index contributed by atoms with van der Waals surface area (Å²) in [5.74, 6) is 2.71. The Morgan fingerprint density at radius 1 is 1.53 bits per heavy atom. The van der Waals surface area contributed by atoms with E-state index in [4.69, 9.17) is 5.26 Å². The van der Waals surface area contributed by atoms with Gasteiger partial charge in [-0.3, -0.25) is 0 Å². The Balaban J connectivity index is 2.31. The van der Waals surface area contributed by atoms with Crippen LogP contribution in [-0.4, -0.2) is 26.0 Å². The minimum atomic E-state index is 0.301. The second-order valence-electron chi connectivity index (χ2n) is 3.45. The summed E-state index contributed by atoms with van der Waals surface area (Å²) in [6.07, 6.45) is 1.56. The highest BCUT2D eigenvalue weighted by molar-refractivity contribution is 7.98. The van der Waals surface area contributed by atoms with Crippen LogP contribution in [0.5, 0.6) is 0 Å². The van der Waals surface area contributed by atoms with Crippen molar-refractivity contribution < 1.29 is 0 Å².